The van der Waals surface area contributed by atoms with E-state index in [1.54, 1.807) is 6.07 Å². The van der Waals surface area contributed by atoms with Gasteiger partial charge in [-0.2, -0.15) is 0 Å². The standard InChI is InChI=1S/C18H29N5O2S2.HI/c1-6-19-18(23(5)13-16-8-7-11-22(16)4)20-9-10-21-27(24,25)17-12-14(2)26-15(17)3;/h7-8,11-12,21H,6,9-10,13H2,1-5H3,(H,19,20);1H. The fourth-order valence-corrected chi connectivity index (χ4v) is 5.32. The lowest BCUT2D eigenvalue weighted by atomic mass is 10.4. The van der Waals surface area contributed by atoms with Gasteiger partial charge in [-0.05, 0) is 39.0 Å². The summed E-state index contributed by atoms with van der Waals surface area (Å²) in [6.07, 6.45) is 2.01. The van der Waals surface area contributed by atoms with Gasteiger partial charge in [-0.25, -0.2) is 13.1 Å². The molecule has 0 radical (unpaired) electrons. The Bertz CT molecular complexity index is 890. The summed E-state index contributed by atoms with van der Waals surface area (Å²) in [5.41, 5.74) is 1.17. The third-order valence-corrected chi connectivity index (χ3v) is 6.78. The Labute approximate surface area is 189 Å². The molecule has 2 aromatic rings. The van der Waals surface area contributed by atoms with Crippen LogP contribution in [0.3, 0.4) is 0 Å². The second-order valence-electron chi connectivity index (χ2n) is 6.38. The second kappa shape index (κ2) is 11.2. The van der Waals surface area contributed by atoms with Crippen LogP contribution in [0.15, 0.2) is 34.3 Å². The van der Waals surface area contributed by atoms with Gasteiger partial charge in [-0.3, -0.25) is 4.99 Å². The van der Waals surface area contributed by atoms with E-state index in [2.05, 4.69) is 25.7 Å². The van der Waals surface area contributed by atoms with Crippen molar-refractivity contribution in [1.29, 1.82) is 0 Å². The molecular formula is C18H30IN5O2S2. The molecule has 0 bridgehead atoms. The van der Waals surface area contributed by atoms with Crippen molar-refractivity contribution in [2.24, 2.45) is 12.0 Å². The van der Waals surface area contributed by atoms with E-state index in [1.165, 1.54) is 17.0 Å². The second-order valence-corrected chi connectivity index (χ2v) is 9.57. The molecule has 2 heterocycles. The van der Waals surface area contributed by atoms with Crippen LogP contribution in [-0.4, -0.2) is 50.5 Å². The van der Waals surface area contributed by atoms with E-state index in [9.17, 15) is 8.42 Å². The van der Waals surface area contributed by atoms with Gasteiger partial charge in [0.15, 0.2) is 5.96 Å². The molecule has 0 fully saturated rings. The van der Waals surface area contributed by atoms with Crippen LogP contribution >= 0.6 is 35.3 Å². The molecule has 10 heteroatoms. The summed E-state index contributed by atoms with van der Waals surface area (Å²) in [6.45, 7) is 7.82. The van der Waals surface area contributed by atoms with Crippen molar-refractivity contribution in [3.63, 3.8) is 0 Å². The number of hydrogen-bond acceptors (Lipinski definition) is 4. The number of nitrogens with one attached hydrogen (secondary N) is 2. The van der Waals surface area contributed by atoms with Crippen molar-refractivity contribution in [2.75, 3.05) is 26.7 Å². The first-order valence-electron chi connectivity index (χ1n) is 8.91. The van der Waals surface area contributed by atoms with Crippen LogP contribution in [0.25, 0.3) is 0 Å². The molecule has 0 spiro atoms. The quantitative estimate of drug-likeness (QED) is 0.234. The molecule has 0 aliphatic rings. The average Bonchev–Trinajstić information content (AvgIpc) is 3.15. The highest BCUT2D eigenvalue weighted by Crippen LogP contribution is 2.24. The largest absolute Gasteiger partial charge is 0.357 e. The van der Waals surface area contributed by atoms with Crippen LogP contribution in [0.5, 0.6) is 0 Å². The van der Waals surface area contributed by atoms with E-state index >= 15 is 0 Å². The summed E-state index contributed by atoms with van der Waals surface area (Å²) in [4.78, 5) is 8.73. The first-order chi connectivity index (χ1) is 12.7. The third kappa shape index (κ3) is 6.75. The van der Waals surface area contributed by atoms with Crippen LogP contribution in [0.4, 0.5) is 0 Å². The Hall–Kier alpha value is -1.11. The maximum absolute atomic E-state index is 12.4. The molecule has 0 aliphatic heterocycles. The molecule has 0 aliphatic carbocycles. The average molecular weight is 540 g/mol. The maximum Gasteiger partial charge on any atom is 0.241 e. The molecule has 0 saturated heterocycles. The van der Waals surface area contributed by atoms with Gasteiger partial charge >= 0.3 is 0 Å². The number of halogens is 1. The fraction of sp³-hybridized carbons (Fsp3) is 0.500. The minimum Gasteiger partial charge on any atom is -0.357 e. The normalized spacial score (nSPS) is 12.0. The van der Waals surface area contributed by atoms with Crippen molar-refractivity contribution in [1.82, 2.24) is 19.5 Å². The van der Waals surface area contributed by atoms with E-state index in [0.29, 0.717) is 18.0 Å². The number of sulfonamides is 1. The monoisotopic (exact) mass is 539 g/mol. The van der Waals surface area contributed by atoms with Gasteiger partial charge in [0.05, 0.1) is 18.0 Å². The van der Waals surface area contributed by atoms with Crippen molar-refractivity contribution >= 4 is 51.3 Å². The van der Waals surface area contributed by atoms with Gasteiger partial charge in [0.1, 0.15) is 0 Å². The maximum atomic E-state index is 12.4. The molecule has 0 amide bonds. The van der Waals surface area contributed by atoms with Crippen molar-refractivity contribution in [2.45, 2.75) is 32.2 Å². The summed E-state index contributed by atoms with van der Waals surface area (Å²) in [5.74, 6) is 0.750. The Morgan fingerprint density at radius 2 is 2.07 bits per heavy atom. The summed E-state index contributed by atoms with van der Waals surface area (Å²) in [5, 5.41) is 3.25. The number of aryl methyl sites for hydroxylation is 3. The molecular weight excluding hydrogens is 509 g/mol. The zero-order valence-corrected chi connectivity index (χ0v) is 21.0. The molecule has 2 N–H and O–H groups in total. The number of thiophene rings is 1. The SMILES string of the molecule is CCNC(=NCCNS(=O)(=O)c1cc(C)sc1C)N(C)Cc1cccn1C.I. The van der Waals surface area contributed by atoms with Crippen LogP contribution in [-0.2, 0) is 23.6 Å². The summed E-state index contributed by atoms with van der Waals surface area (Å²) < 4.78 is 29.6. The summed E-state index contributed by atoms with van der Waals surface area (Å²) in [7, 11) is 0.485. The first kappa shape index (κ1) is 24.9. The van der Waals surface area contributed by atoms with Crippen molar-refractivity contribution in [3.8, 4) is 0 Å². The molecule has 158 valence electrons. The number of hydrogen-bond donors (Lipinski definition) is 2. The smallest absolute Gasteiger partial charge is 0.241 e. The molecule has 0 saturated carbocycles. The van der Waals surface area contributed by atoms with E-state index in [4.69, 9.17) is 0 Å². The molecule has 0 aromatic carbocycles. The highest BCUT2D eigenvalue weighted by molar-refractivity contribution is 14.0. The molecule has 2 aromatic heterocycles. The zero-order chi connectivity index (χ0) is 20.0. The zero-order valence-electron chi connectivity index (χ0n) is 17.0. The Kier molecular flexibility index (Phi) is 9.95. The third-order valence-electron chi connectivity index (χ3n) is 4.10. The predicted octanol–water partition coefficient (Wildman–Crippen LogP) is 2.70. The molecule has 2 rings (SSSR count). The molecule has 0 unspecified atom stereocenters. The van der Waals surface area contributed by atoms with Crippen LogP contribution < -0.4 is 10.0 Å². The highest BCUT2D eigenvalue weighted by atomic mass is 127. The fourth-order valence-electron chi connectivity index (χ4n) is 2.74. The van der Waals surface area contributed by atoms with E-state index in [0.717, 1.165) is 22.3 Å². The van der Waals surface area contributed by atoms with Gasteiger partial charge in [-0.15, -0.1) is 35.3 Å². The molecule has 0 atom stereocenters. The number of aromatic nitrogens is 1. The predicted molar refractivity (Wildman–Crippen MR) is 127 cm³/mol. The van der Waals surface area contributed by atoms with Gasteiger partial charge in [-0.1, -0.05) is 0 Å². The molecule has 28 heavy (non-hydrogen) atoms. The van der Waals surface area contributed by atoms with Crippen LogP contribution in [0, 0.1) is 13.8 Å². The number of guanidine groups is 1. The first-order valence-corrected chi connectivity index (χ1v) is 11.2. The number of rotatable bonds is 8. The highest BCUT2D eigenvalue weighted by Gasteiger charge is 2.18. The topological polar surface area (TPSA) is 78.7 Å². The van der Waals surface area contributed by atoms with Gasteiger partial charge in [0.2, 0.25) is 10.0 Å². The van der Waals surface area contributed by atoms with Gasteiger partial charge in [0, 0.05) is 48.8 Å². The Morgan fingerprint density at radius 1 is 1.36 bits per heavy atom. The van der Waals surface area contributed by atoms with E-state index in [-0.39, 0.29) is 30.5 Å². The van der Waals surface area contributed by atoms with E-state index in [1.807, 2.05) is 52.0 Å². The minimum atomic E-state index is -3.49. The lowest BCUT2D eigenvalue weighted by Gasteiger charge is -2.22. The van der Waals surface area contributed by atoms with Crippen LogP contribution in [0.2, 0.25) is 0 Å². The van der Waals surface area contributed by atoms with Crippen molar-refractivity contribution < 1.29 is 8.42 Å². The number of aliphatic imine (C=N–C) groups is 1. The van der Waals surface area contributed by atoms with Crippen molar-refractivity contribution in [3.05, 3.63) is 39.8 Å². The van der Waals surface area contributed by atoms with Gasteiger partial charge in [0.25, 0.3) is 0 Å². The lowest BCUT2D eigenvalue weighted by molar-refractivity contribution is 0.462. The van der Waals surface area contributed by atoms with Crippen LogP contribution in [0.1, 0.15) is 22.4 Å². The Morgan fingerprint density at radius 3 is 2.61 bits per heavy atom. The Balaban J connectivity index is 0.00000392. The minimum absolute atomic E-state index is 0. The molecule has 7 nitrogen and oxygen atoms in total. The summed E-state index contributed by atoms with van der Waals surface area (Å²) in [6, 6.07) is 5.79. The lowest BCUT2D eigenvalue weighted by Crippen LogP contribution is -2.39. The van der Waals surface area contributed by atoms with Gasteiger partial charge < -0.3 is 14.8 Å². The van der Waals surface area contributed by atoms with E-state index < -0.39 is 10.0 Å². The summed E-state index contributed by atoms with van der Waals surface area (Å²) >= 11 is 1.49. The number of nitrogens with zero attached hydrogens (tertiary/aromatic N) is 3.